The van der Waals surface area contributed by atoms with Gasteiger partial charge in [-0.25, -0.2) is 4.39 Å². The molecule has 0 aliphatic carbocycles. The third-order valence-corrected chi connectivity index (χ3v) is 1.96. The van der Waals surface area contributed by atoms with Crippen LogP contribution in [-0.4, -0.2) is 12.5 Å². The van der Waals surface area contributed by atoms with E-state index in [0.29, 0.717) is 18.2 Å². The van der Waals surface area contributed by atoms with Crippen molar-refractivity contribution in [1.82, 2.24) is 5.32 Å². The van der Waals surface area contributed by atoms with Crippen LogP contribution < -0.4 is 10.6 Å². The summed E-state index contributed by atoms with van der Waals surface area (Å²) in [7, 11) is 0. The molecule has 16 heavy (non-hydrogen) atoms. The van der Waals surface area contributed by atoms with E-state index >= 15 is 0 Å². The molecule has 4 nitrogen and oxygen atoms in total. The van der Waals surface area contributed by atoms with Gasteiger partial charge < -0.3 is 5.32 Å². The summed E-state index contributed by atoms with van der Waals surface area (Å²) in [5.74, 6) is -0.192. The molecule has 1 aromatic carbocycles. The molecule has 0 aliphatic rings. The molecule has 0 fully saturated rings. The molecule has 0 radical (unpaired) electrons. The SMILES string of the molecule is CCN=C(NC#N)Nc1ccc(F)c(Cl)c1. The molecule has 0 saturated carbocycles. The Hall–Kier alpha value is -1.80. The Kier molecular flexibility index (Phi) is 4.55. The molecular formula is C10H10ClFN4. The number of nitrogens with zero attached hydrogens (tertiary/aromatic N) is 2. The number of aliphatic imine (C=N–C) groups is 1. The van der Waals surface area contributed by atoms with Gasteiger partial charge in [0.2, 0.25) is 5.96 Å². The highest BCUT2D eigenvalue weighted by molar-refractivity contribution is 6.31. The molecule has 0 unspecified atom stereocenters. The standard InChI is InChI=1S/C10H10ClFN4/c1-2-14-10(15-6-13)16-7-3-4-9(12)8(11)5-7/h3-5H,2H2,1H3,(H2,14,15,16). The van der Waals surface area contributed by atoms with Crippen molar-refractivity contribution in [3.63, 3.8) is 0 Å². The molecule has 1 aromatic rings. The third-order valence-electron chi connectivity index (χ3n) is 1.67. The Morgan fingerprint density at radius 3 is 2.94 bits per heavy atom. The van der Waals surface area contributed by atoms with Crippen LogP contribution >= 0.6 is 11.6 Å². The number of hydrogen-bond acceptors (Lipinski definition) is 2. The predicted molar refractivity (Wildman–Crippen MR) is 61.8 cm³/mol. The molecule has 1 rings (SSSR count). The van der Waals surface area contributed by atoms with Crippen molar-refractivity contribution in [2.45, 2.75) is 6.92 Å². The number of guanidine groups is 1. The van der Waals surface area contributed by atoms with Crippen LogP contribution in [-0.2, 0) is 0 Å². The molecule has 0 aromatic heterocycles. The Bertz CT molecular complexity index is 439. The van der Waals surface area contributed by atoms with Crippen LogP contribution in [0.1, 0.15) is 6.92 Å². The fraction of sp³-hybridized carbons (Fsp3) is 0.200. The second-order valence-corrected chi connectivity index (χ2v) is 3.22. The van der Waals surface area contributed by atoms with Gasteiger partial charge in [-0.1, -0.05) is 11.6 Å². The lowest BCUT2D eigenvalue weighted by Crippen LogP contribution is -2.26. The first-order chi connectivity index (χ1) is 7.67. The van der Waals surface area contributed by atoms with Gasteiger partial charge in [-0.15, -0.1) is 0 Å². The number of halogens is 2. The maximum Gasteiger partial charge on any atom is 0.209 e. The summed E-state index contributed by atoms with van der Waals surface area (Å²) in [6.45, 7) is 2.35. The quantitative estimate of drug-likeness (QED) is 0.361. The van der Waals surface area contributed by atoms with Gasteiger partial charge in [-0.2, -0.15) is 5.26 Å². The first-order valence-electron chi connectivity index (χ1n) is 4.59. The average molecular weight is 241 g/mol. The minimum absolute atomic E-state index is 0.0119. The molecule has 0 spiro atoms. The Balaban J connectivity index is 2.82. The number of anilines is 1. The van der Waals surface area contributed by atoms with E-state index in [4.69, 9.17) is 16.9 Å². The van der Waals surface area contributed by atoms with Crippen LogP contribution in [0, 0.1) is 17.3 Å². The van der Waals surface area contributed by atoms with E-state index in [9.17, 15) is 4.39 Å². The van der Waals surface area contributed by atoms with Gasteiger partial charge >= 0.3 is 0 Å². The van der Waals surface area contributed by atoms with Gasteiger partial charge in [-0.3, -0.25) is 10.3 Å². The van der Waals surface area contributed by atoms with E-state index in [2.05, 4.69) is 15.6 Å². The molecule has 0 bridgehead atoms. The summed E-state index contributed by atoms with van der Waals surface area (Å²) in [6.07, 6.45) is 1.75. The van der Waals surface area contributed by atoms with Gasteiger partial charge in [0.15, 0.2) is 6.19 Å². The predicted octanol–water partition coefficient (Wildman–Crippen LogP) is 2.34. The molecule has 84 valence electrons. The lowest BCUT2D eigenvalue weighted by molar-refractivity contribution is 0.628. The lowest BCUT2D eigenvalue weighted by Gasteiger charge is -2.07. The highest BCUT2D eigenvalue weighted by Crippen LogP contribution is 2.19. The summed E-state index contributed by atoms with van der Waals surface area (Å²) in [6, 6.07) is 4.16. The fourth-order valence-corrected chi connectivity index (χ4v) is 1.21. The zero-order valence-corrected chi connectivity index (χ0v) is 9.35. The molecule has 0 saturated heterocycles. The van der Waals surface area contributed by atoms with Crippen molar-refractivity contribution in [3.8, 4) is 6.19 Å². The highest BCUT2D eigenvalue weighted by Gasteiger charge is 2.02. The fourth-order valence-electron chi connectivity index (χ4n) is 1.03. The molecule has 0 amide bonds. The zero-order valence-electron chi connectivity index (χ0n) is 8.59. The van der Waals surface area contributed by atoms with E-state index < -0.39 is 5.82 Å². The third kappa shape index (κ3) is 3.41. The highest BCUT2D eigenvalue weighted by atomic mass is 35.5. The average Bonchev–Trinajstić information content (AvgIpc) is 2.24. The van der Waals surface area contributed by atoms with Crippen molar-refractivity contribution in [2.24, 2.45) is 4.99 Å². The first kappa shape index (κ1) is 12.3. The van der Waals surface area contributed by atoms with Crippen LogP contribution in [0.15, 0.2) is 23.2 Å². The van der Waals surface area contributed by atoms with E-state index in [1.807, 2.05) is 6.92 Å². The number of nitrogens with one attached hydrogen (secondary N) is 2. The Morgan fingerprint density at radius 2 is 2.38 bits per heavy atom. The molecule has 2 N–H and O–H groups in total. The molecule has 0 heterocycles. The number of rotatable bonds is 2. The summed E-state index contributed by atoms with van der Waals surface area (Å²) in [4.78, 5) is 4.00. The van der Waals surface area contributed by atoms with Gasteiger partial charge in [0, 0.05) is 12.2 Å². The van der Waals surface area contributed by atoms with Crippen molar-refractivity contribution in [3.05, 3.63) is 29.0 Å². The van der Waals surface area contributed by atoms with Crippen LogP contribution in [0.2, 0.25) is 5.02 Å². The van der Waals surface area contributed by atoms with E-state index in [1.54, 1.807) is 6.19 Å². The first-order valence-corrected chi connectivity index (χ1v) is 4.96. The maximum absolute atomic E-state index is 12.9. The lowest BCUT2D eigenvalue weighted by atomic mass is 10.3. The minimum atomic E-state index is -0.491. The largest absolute Gasteiger partial charge is 0.325 e. The zero-order chi connectivity index (χ0) is 12.0. The summed E-state index contributed by atoms with van der Waals surface area (Å²) in [5.41, 5.74) is 0.557. The van der Waals surface area contributed by atoms with E-state index in [1.165, 1.54) is 18.2 Å². The minimum Gasteiger partial charge on any atom is -0.325 e. The topological polar surface area (TPSA) is 60.2 Å². The van der Waals surface area contributed by atoms with Gasteiger partial charge in [-0.05, 0) is 25.1 Å². The van der Waals surface area contributed by atoms with Crippen molar-refractivity contribution < 1.29 is 4.39 Å². The van der Waals surface area contributed by atoms with Crippen LogP contribution in [0.5, 0.6) is 0 Å². The van der Waals surface area contributed by atoms with Gasteiger partial charge in [0.05, 0.1) is 5.02 Å². The number of hydrogen-bond donors (Lipinski definition) is 2. The van der Waals surface area contributed by atoms with Crippen LogP contribution in [0.3, 0.4) is 0 Å². The molecule has 0 aliphatic heterocycles. The smallest absolute Gasteiger partial charge is 0.209 e. The molecule has 6 heteroatoms. The second-order valence-electron chi connectivity index (χ2n) is 2.81. The van der Waals surface area contributed by atoms with Crippen molar-refractivity contribution in [2.75, 3.05) is 11.9 Å². The van der Waals surface area contributed by atoms with Gasteiger partial charge in [0.25, 0.3) is 0 Å². The monoisotopic (exact) mass is 240 g/mol. The van der Waals surface area contributed by atoms with E-state index in [-0.39, 0.29) is 5.02 Å². The van der Waals surface area contributed by atoms with Gasteiger partial charge in [0.1, 0.15) is 5.82 Å². The van der Waals surface area contributed by atoms with Crippen LogP contribution in [0.25, 0.3) is 0 Å². The Morgan fingerprint density at radius 1 is 1.62 bits per heavy atom. The van der Waals surface area contributed by atoms with Crippen LogP contribution in [0.4, 0.5) is 10.1 Å². The molecule has 0 atom stereocenters. The maximum atomic E-state index is 12.9. The summed E-state index contributed by atoms with van der Waals surface area (Å²) in [5, 5.41) is 13.7. The summed E-state index contributed by atoms with van der Waals surface area (Å²) < 4.78 is 12.9. The summed E-state index contributed by atoms with van der Waals surface area (Å²) >= 11 is 5.61. The Labute approximate surface area is 97.7 Å². The number of benzene rings is 1. The van der Waals surface area contributed by atoms with Crippen molar-refractivity contribution >= 4 is 23.2 Å². The normalized spacial score (nSPS) is 10.8. The second kappa shape index (κ2) is 5.93. The molecular weight excluding hydrogens is 231 g/mol. The van der Waals surface area contributed by atoms with Crippen molar-refractivity contribution in [1.29, 1.82) is 5.26 Å². The van der Waals surface area contributed by atoms with E-state index in [0.717, 1.165) is 0 Å². The number of nitriles is 1.